The highest BCUT2D eigenvalue weighted by Crippen LogP contribution is 2.22. The second-order valence-corrected chi connectivity index (χ2v) is 6.43. The number of aromatic nitrogens is 2. The lowest BCUT2D eigenvalue weighted by molar-refractivity contribution is -0.132. The number of amides is 1. The number of likely N-dealkylation sites (tertiary alicyclic amines) is 1. The molecule has 6 heteroatoms. The molecule has 1 saturated heterocycles. The van der Waals surface area contributed by atoms with Gasteiger partial charge in [0.2, 0.25) is 5.91 Å². The van der Waals surface area contributed by atoms with Gasteiger partial charge in [-0.15, -0.1) is 0 Å². The number of hydrogen-bond acceptors (Lipinski definition) is 4. The van der Waals surface area contributed by atoms with Crippen LogP contribution in [-0.2, 0) is 18.3 Å². The predicted octanol–water partition coefficient (Wildman–Crippen LogP) is 1.70. The number of piperidine rings is 1. The largest absolute Gasteiger partial charge is 0.490 e. The monoisotopic (exact) mass is 341 g/mol. The van der Waals surface area contributed by atoms with Crippen LogP contribution in [0.3, 0.4) is 0 Å². The van der Waals surface area contributed by atoms with Crippen molar-refractivity contribution in [1.82, 2.24) is 14.7 Å². The van der Waals surface area contributed by atoms with Gasteiger partial charge in [0.15, 0.2) is 0 Å². The van der Waals surface area contributed by atoms with Crippen LogP contribution in [0.25, 0.3) is 0 Å². The molecule has 25 heavy (non-hydrogen) atoms. The molecule has 3 rings (SSSR count). The molecule has 0 bridgehead atoms. The lowest BCUT2D eigenvalue weighted by Crippen LogP contribution is -2.42. The van der Waals surface area contributed by atoms with Crippen molar-refractivity contribution in [2.75, 3.05) is 13.1 Å². The fourth-order valence-electron chi connectivity index (χ4n) is 3.00. The number of para-hydroxylation sites is 1. The van der Waals surface area contributed by atoms with Crippen molar-refractivity contribution >= 4 is 5.91 Å². The standard InChI is InChI=1S/C19H23N3O3/c1-14-5-3-4-6-17(14)25-16-9-11-22(12-10-16)19(24)13-15-7-8-18(23)21(2)20-15/h3-8,16H,9-13H2,1-2H3. The molecule has 1 fully saturated rings. The fraction of sp³-hybridized carbons (Fsp3) is 0.421. The van der Waals surface area contributed by atoms with Crippen LogP contribution in [0.5, 0.6) is 5.75 Å². The third-order valence-electron chi connectivity index (χ3n) is 4.53. The predicted molar refractivity (Wildman–Crippen MR) is 94.6 cm³/mol. The first-order chi connectivity index (χ1) is 12.0. The van der Waals surface area contributed by atoms with Crippen LogP contribution in [0.4, 0.5) is 0 Å². The summed E-state index contributed by atoms with van der Waals surface area (Å²) in [7, 11) is 1.59. The Morgan fingerprint density at radius 3 is 2.60 bits per heavy atom. The number of hydrogen-bond donors (Lipinski definition) is 0. The average molecular weight is 341 g/mol. The van der Waals surface area contributed by atoms with Crippen molar-refractivity contribution in [1.29, 1.82) is 0 Å². The van der Waals surface area contributed by atoms with E-state index in [2.05, 4.69) is 5.10 Å². The Kier molecular flexibility index (Phi) is 5.16. The van der Waals surface area contributed by atoms with Gasteiger partial charge in [0, 0.05) is 39.0 Å². The van der Waals surface area contributed by atoms with E-state index in [4.69, 9.17) is 4.74 Å². The molecule has 0 unspecified atom stereocenters. The zero-order valence-electron chi connectivity index (χ0n) is 14.6. The van der Waals surface area contributed by atoms with Gasteiger partial charge in [-0.2, -0.15) is 5.10 Å². The van der Waals surface area contributed by atoms with Crippen LogP contribution in [0, 0.1) is 6.92 Å². The number of benzene rings is 1. The maximum absolute atomic E-state index is 12.4. The molecular weight excluding hydrogens is 318 g/mol. The summed E-state index contributed by atoms with van der Waals surface area (Å²) in [5.74, 6) is 0.960. The van der Waals surface area contributed by atoms with E-state index in [1.54, 1.807) is 13.1 Å². The third kappa shape index (κ3) is 4.26. The molecule has 1 aliphatic rings. The summed E-state index contributed by atoms with van der Waals surface area (Å²) in [5, 5.41) is 4.12. The zero-order valence-corrected chi connectivity index (χ0v) is 14.6. The molecule has 0 spiro atoms. The first-order valence-corrected chi connectivity index (χ1v) is 8.56. The van der Waals surface area contributed by atoms with Crippen molar-refractivity contribution in [2.24, 2.45) is 7.05 Å². The second-order valence-electron chi connectivity index (χ2n) is 6.43. The van der Waals surface area contributed by atoms with Crippen LogP contribution in [0.15, 0.2) is 41.2 Å². The van der Waals surface area contributed by atoms with E-state index in [1.807, 2.05) is 36.1 Å². The molecule has 2 aromatic rings. The average Bonchev–Trinajstić information content (AvgIpc) is 2.61. The summed E-state index contributed by atoms with van der Waals surface area (Å²) in [6, 6.07) is 11.1. The summed E-state index contributed by atoms with van der Waals surface area (Å²) < 4.78 is 7.33. The smallest absolute Gasteiger partial charge is 0.266 e. The number of aryl methyl sites for hydroxylation is 2. The maximum Gasteiger partial charge on any atom is 0.266 e. The molecule has 0 aliphatic carbocycles. The Hall–Kier alpha value is -2.63. The van der Waals surface area contributed by atoms with Gasteiger partial charge < -0.3 is 9.64 Å². The van der Waals surface area contributed by atoms with Gasteiger partial charge in [-0.3, -0.25) is 9.59 Å². The van der Waals surface area contributed by atoms with Crippen LogP contribution in [0.2, 0.25) is 0 Å². The number of nitrogens with zero attached hydrogens (tertiary/aromatic N) is 3. The van der Waals surface area contributed by atoms with Crippen molar-refractivity contribution < 1.29 is 9.53 Å². The zero-order chi connectivity index (χ0) is 17.8. The molecule has 0 atom stereocenters. The van der Waals surface area contributed by atoms with Gasteiger partial charge in [0.25, 0.3) is 5.56 Å². The second kappa shape index (κ2) is 7.51. The highest BCUT2D eigenvalue weighted by Gasteiger charge is 2.24. The lowest BCUT2D eigenvalue weighted by atomic mass is 10.1. The quantitative estimate of drug-likeness (QED) is 0.849. The molecule has 1 aromatic heterocycles. The molecule has 132 valence electrons. The van der Waals surface area contributed by atoms with Crippen molar-refractivity contribution in [2.45, 2.75) is 32.3 Å². The minimum atomic E-state index is -0.176. The molecule has 1 amide bonds. The summed E-state index contributed by atoms with van der Waals surface area (Å²) in [6.45, 7) is 3.40. The van der Waals surface area contributed by atoms with Gasteiger partial charge in [-0.25, -0.2) is 4.68 Å². The van der Waals surface area contributed by atoms with Crippen LogP contribution in [0.1, 0.15) is 24.1 Å². The minimum Gasteiger partial charge on any atom is -0.490 e. The van der Waals surface area contributed by atoms with Crippen molar-refractivity contribution in [3.05, 3.63) is 58.0 Å². The minimum absolute atomic E-state index is 0.0421. The molecule has 6 nitrogen and oxygen atoms in total. The molecule has 1 aliphatic heterocycles. The SMILES string of the molecule is Cc1ccccc1OC1CCN(C(=O)Cc2ccc(=O)n(C)n2)CC1. The highest BCUT2D eigenvalue weighted by molar-refractivity contribution is 5.78. The normalized spacial score (nSPS) is 15.2. The van der Waals surface area contributed by atoms with E-state index < -0.39 is 0 Å². The molecule has 0 radical (unpaired) electrons. The van der Waals surface area contributed by atoms with Crippen molar-refractivity contribution in [3.8, 4) is 5.75 Å². The molecular formula is C19H23N3O3. The number of ether oxygens (including phenoxy) is 1. The summed E-state index contributed by atoms with van der Waals surface area (Å²) in [6.07, 6.45) is 2.00. The van der Waals surface area contributed by atoms with E-state index in [0.717, 1.165) is 24.2 Å². The topological polar surface area (TPSA) is 64.4 Å². The molecule has 2 heterocycles. The van der Waals surface area contributed by atoms with Gasteiger partial charge in [0.05, 0.1) is 12.1 Å². The molecule has 0 N–H and O–H groups in total. The first-order valence-electron chi connectivity index (χ1n) is 8.56. The van der Waals surface area contributed by atoms with E-state index in [0.29, 0.717) is 18.8 Å². The molecule has 1 aromatic carbocycles. The van der Waals surface area contributed by atoms with Gasteiger partial charge in [-0.05, 0) is 24.6 Å². The van der Waals surface area contributed by atoms with Crippen LogP contribution in [-0.4, -0.2) is 39.8 Å². The van der Waals surface area contributed by atoms with Crippen LogP contribution >= 0.6 is 0 Å². The summed E-state index contributed by atoms with van der Waals surface area (Å²) in [5.41, 5.74) is 1.57. The fourth-order valence-corrected chi connectivity index (χ4v) is 3.00. The maximum atomic E-state index is 12.4. The van der Waals surface area contributed by atoms with Gasteiger partial charge in [0.1, 0.15) is 11.9 Å². The third-order valence-corrected chi connectivity index (χ3v) is 4.53. The first kappa shape index (κ1) is 17.2. The van der Waals surface area contributed by atoms with E-state index in [9.17, 15) is 9.59 Å². The Bertz CT molecular complexity index is 808. The van der Waals surface area contributed by atoms with Gasteiger partial charge >= 0.3 is 0 Å². The number of carbonyl (C=O) groups is 1. The lowest BCUT2D eigenvalue weighted by Gasteiger charge is -2.32. The summed E-state index contributed by atoms with van der Waals surface area (Å²) in [4.78, 5) is 25.7. The Morgan fingerprint density at radius 1 is 1.20 bits per heavy atom. The number of carbonyl (C=O) groups excluding carboxylic acids is 1. The summed E-state index contributed by atoms with van der Waals surface area (Å²) >= 11 is 0. The van der Waals surface area contributed by atoms with E-state index in [-0.39, 0.29) is 24.0 Å². The van der Waals surface area contributed by atoms with Gasteiger partial charge in [-0.1, -0.05) is 18.2 Å². The Morgan fingerprint density at radius 2 is 1.92 bits per heavy atom. The number of rotatable bonds is 4. The van der Waals surface area contributed by atoms with E-state index in [1.165, 1.54) is 10.7 Å². The highest BCUT2D eigenvalue weighted by atomic mass is 16.5. The van der Waals surface area contributed by atoms with Crippen LogP contribution < -0.4 is 10.3 Å². The van der Waals surface area contributed by atoms with Crippen molar-refractivity contribution in [3.63, 3.8) is 0 Å². The Labute approximate surface area is 147 Å². The van der Waals surface area contributed by atoms with E-state index >= 15 is 0 Å². The Balaban J connectivity index is 1.53. The molecule has 0 saturated carbocycles.